The van der Waals surface area contributed by atoms with E-state index in [1.54, 1.807) is 0 Å². The molecule has 0 atom stereocenters. The fraction of sp³-hybridized carbons (Fsp3) is 0.250. The van der Waals surface area contributed by atoms with Crippen LogP contribution in [0.1, 0.15) is 18.1 Å². The first-order chi connectivity index (χ1) is 8.79. The monoisotopic (exact) mass is 241 g/mol. The number of benzene rings is 2. The molecule has 2 heteroatoms. The molecule has 0 aliphatic rings. The zero-order valence-electron chi connectivity index (χ0n) is 10.9. The van der Waals surface area contributed by atoms with Gasteiger partial charge in [0.05, 0.1) is 12.3 Å². The van der Waals surface area contributed by atoms with Crippen LogP contribution in [0.4, 0.5) is 5.69 Å². The molecule has 0 aromatic heterocycles. The van der Waals surface area contributed by atoms with Gasteiger partial charge in [-0.25, -0.2) is 0 Å². The zero-order chi connectivity index (χ0) is 12.8. The first kappa shape index (κ1) is 12.5. The van der Waals surface area contributed by atoms with Gasteiger partial charge in [-0.3, -0.25) is 0 Å². The van der Waals surface area contributed by atoms with E-state index in [0.717, 1.165) is 18.0 Å². The number of aryl methyl sites for hydroxylation is 1. The van der Waals surface area contributed by atoms with E-state index in [-0.39, 0.29) is 0 Å². The van der Waals surface area contributed by atoms with Crippen molar-refractivity contribution in [2.45, 2.75) is 20.4 Å². The summed E-state index contributed by atoms with van der Waals surface area (Å²) in [7, 11) is 0. The predicted molar refractivity (Wildman–Crippen MR) is 76.1 cm³/mol. The van der Waals surface area contributed by atoms with Crippen molar-refractivity contribution in [3.63, 3.8) is 0 Å². The Morgan fingerprint density at radius 2 is 1.83 bits per heavy atom. The Balaban J connectivity index is 2.09. The third kappa shape index (κ3) is 3.27. The number of rotatable bonds is 5. The molecule has 0 bridgehead atoms. The summed E-state index contributed by atoms with van der Waals surface area (Å²) in [5.74, 6) is 0.924. The summed E-state index contributed by atoms with van der Waals surface area (Å²) < 4.78 is 5.64. The van der Waals surface area contributed by atoms with Gasteiger partial charge in [0, 0.05) is 6.54 Å². The van der Waals surface area contributed by atoms with Crippen LogP contribution in [-0.2, 0) is 6.54 Å². The molecule has 94 valence electrons. The van der Waals surface area contributed by atoms with Crippen molar-refractivity contribution in [2.24, 2.45) is 0 Å². The summed E-state index contributed by atoms with van der Waals surface area (Å²) >= 11 is 0. The molecule has 0 unspecified atom stereocenters. The molecule has 0 spiro atoms. The molecule has 0 saturated carbocycles. The van der Waals surface area contributed by atoms with Crippen molar-refractivity contribution >= 4 is 5.69 Å². The van der Waals surface area contributed by atoms with Gasteiger partial charge in [0.25, 0.3) is 0 Å². The lowest BCUT2D eigenvalue weighted by atomic mass is 10.2. The van der Waals surface area contributed by atoms with E-state index in [9.17, 15) is 0 Å². The second-order valence-corrected chi connectivity index (χ2v) is 4.27. The van der Waals surface area contributed by atoms with Gasteiger partial charge < -0.3 is 10.1 Å². The second kappa shape index (κ2) is 6.10. The summed E-state index contributed by atoms with van der Waals surface area (Å²) in [5, 5.41) is 3.42. The minimum atomic E-state index is 0.684. The number of anilines is 1. The van der Waals surface area contributed by atoms with Gasteiger partial charge in [-0.1, -0.05) is 36.4 Å². The molecule has 0 saturated heterocycles. The maximum Gasteiger partial charge on any atom is 0.142 e. The number of hydrogen-bond acceptors (Lipinski definition) is 2. The Kier molecular flexibility index (Phi) is 4.24. The summed E-state index contributed by atoms with van der Waals surface area (Å²) in [6.07, 6.45) is 0. The van der Waals surface area contributed by atoms with Crippen molar-refractivity contribution in [1.82, 2.24) is 0 Å². The van der Waals surface area contributed by atoms with E-state index in [0.29, 0.717) is 6.61 Å². The van der Waals surface area contributed by atoms with Crippen molar-refractivity contribution in [2.75, 3.05) is 11.9 Å². The zero-order valence-corrected chi connectivity index (χ0v) is 10.9. The number of nitrogens with one attached hydrogen (secondary N) is 1. The Bertz CT molecular complexity index is 494. The summed E-state index contributed by atoms with van der Waals surface area (Å²) in [4.78, 5) is 0. The third-order valence-corrected chi connectivity index (χ3v) is 2.76. The maximum absolute atomic E-state index is 5.64. The average Bonchev–Trinajstić information content (AvgIpc) is 2.39. The molecule has 0 aliphatic heterocycles. The summed E-state index contributed by atoms with van der Waals surface area (Å²) in [6.45, 7) is 5.57. The van der Waals surface area contributed by atoms with E-state index in [4.69, 9.17) is 4.74 Å². The van der Waals surface area contributed by atoms with Crippen LogP contribution in [0.25, 0.3) is 0 Å². The van der Waals surface area contributed by atoms with E-state index >= 15 is 0 Å². The van der Waals surface area contributed by atoms with E-state index in [1.807, 2.05) is 13.0 Å². The first-order valence-corrected chi connectivity index (χ1v) is 6.31. The first-order valence-electron chi connectivity index (χ1n) is 6.31. The van der Waals surface area contributed by atoms with Gasteiger partial charge in [0.15, 0.2) is 0 Å². The normalized spacial score (nSPS) is 10.1. The largest absolute Gasteiger partial charge is 0.492 e. The molecule has 2 aromatic carbocycles. The van der Waals surface area contributed by atoms with E-state index < -0.39 is 0 Å². The molecular weight excluding hydrogens is 222 g/mol. The second-order valence-electron chi connectivity index (χ2n) is 4.27. The molecule has 2 aromatic rings. The summed E-state index contributed by atoms with van der Waals surface area (Å²) in [6, 6.07) is 16.6. The lowest BCUT2D eigenvalue weighted by Crippen LogP contribution is -2.02. The molecular formula is C16H19NO. The van der Waals surface area contributed by atoms with Crippen LogP contribution in [0, 0.1) is 6.92 Å². The van der Waals surface area contributed by atoms with Crippen molar-refractivity contribution < 1.29 is 4.74 Å². The fourth-order valence-corrected chi connectivity index (χ4v) is 1.84. The standard InChI is InChI=1S/C16H19NO/c1-3-18-16-11-13(2)9-10-15(16)17-12-14-7-5-4-6-8-14/h4-11,17H,3,12H2,1-2H3. The van der Waals surface area contributed by atoms with Crippen LogP contribution in [0.15, 0.2) is 48.5 Å². The molecule has 0 radical (unpaired) electrons. The third-order valence-electron chi connectivity index (χ3n) is 2.76. The highest BCUT2D eigenvalue weighted by Gasteiger charge is 2.03. The molecule has 0 heterocycles. The van der Waals surface area contributed by atoms with Crippen LogP contribution in [0.5, 0.6) is 5.75 Å². The van der Waals surface area contributed by atoms with Crippen molar-refractivity contribution in [3.8, 4) is 5.75 Å². The van der Waals surface area contributed by atoms with Gasteiger partial charge in [-0.15, -0.1) is 0 Å². The van der Waals surface area contributed by atoms with Crippen LogP contribution >= 0.6 is 0 Å². The molecule has 0 aliphatic carbocycles. The Labute approximate surface area is 109 Å². The van der Waals surface area contributed by atoms with Crippen LogP contribution in [0.2, 0.25) is 0 Å². The van der Waals surface area contributed by atoms with Crippen LogP contribution in [0.3, 0.4) is 0 Å². The van der Waals surface area contributed by atoms with Gasteiger partial charge in [-0.05, 0) is 37.1 Å². The highest BCUT2D eigenvalue weighted by Crippen LogP contribution is 2.26. The van der Waals surface area contributed by atoms with Gasteiger partial charge in [0.1, 0.15) is 5.75 Å². The molecule has 2 rings (SSSR count). The molecule has 0 amide bonds. The minimum absolute atomic E-state index is 0.684. The number of hydrogen-bond donors (Lipinski definition) is 1. The number of ether oxygens (including phenoxy) is 1. The lowest BCUT2D eigenvalue weighted by molar-refractivity contribution is 0.341. The smallest absolute Gasteiger partial charge is 0.142 e. The molecule has 18 heavy (non-hydrogen) atoms. The topological polar surface area (TPSA) is 21.3 Å². The summed E-state index contributed by atoms with van der Waals surface area (Å²) in [5.41, 5.74) is 3.52. The molecule has 2 nitrogen and oxygen atoms in total. The van der Waals surface area contributed by atoms with E-state index in [2.05, 4.69) is 54.7 Å². The highest BCUT2D eigenvalue weighted by atomic mass is 16.5. The van der Waals surface area contributed by atoms with Crippen LogP contribution < -0.4 is 10.1 Å². The van der Waals surface area contributed by atoms with Gasteiger partial charge in [0.2, 0.25) is 0 Å². The Hall–Kier alpha value is -1.96. The van der Waals surface area contributed by atoms with Crippen molar-refractivity contribution in [1.29, 1.82) is 0 Å². The highest BCUT2D eigenvalue weighted by molar-refractivity contribution is 5.57. The minimum Gasteiger partial charge on any atom is -0.492 e. The Morgan fingerprint density at radius 1 is 1.06 bits per heavy atom. The van der Waals surface area contributed by atoms with Crippen LogP contribution in [-0.4, -0.2) is 6.61 Å². The fourth-order valence-electron chi connectivity index (χ4n) is 1.84. The Morgan fingerprint density at radius 3 is 2.56 bits per heavy atom. The molecule has 1 N–H and O–H groups in total. The maximum atomic E-state index is 5.64. The predicted octanol–water partition coefficient (Wildman–Crippen LogP) is 4.01. The average molecular weight is 241 g/mol. The van der Waals surface area contributed by atoms with Gasteiger partial charge >= 0.3 is 0 Å². The van der Waals surface area contributed by atoms with Crippen molar-refractivity contribution in [3.05, 3.63) is 59.7 Å². The quantitative estimate of drug-likeness (QED) is 0.854. The molecule has 0 fully saturated rings. The van der Waals surface area contributed by atoms with E-state index in [1.165, 1.54) is 11.1 Å². The lowest BCUT2D eigenvalue weighted by Gasteiger charge is -2.13. The van der Waals surface area contributed by atoms with Gasteiger partial charge in [-0.2, -0.15) is 0 Å². The SMILES string of the molecule is CCOc1cc(C)ccc1NCc1ccccc1.